The Morgan fingerprint density at radius 1 is 1.30 bits per heavy atom. The van der Waals surface area contributed by atoms with E-state index >= 15 is 0 Å². The molecule has 1 aliphatic heterocycles. The van der Waals surface area contributed by atoms with E-state index in [0.29, 0.717) is 18.9 Å². The molecule has 2 rings (SSSR count). The van der Waals surface area contributed by atoms with Gasteiger partial charge in [0.25, 0.3) is 5.91 Å². The van der Waals surface area contributed by atoms with Crippen molar-refractivity contribution in [2.45, 2.75) is 31.5 Å². The maximum atomic E-state index is 13.2. The summed E-state index contributed by atoms with van der Waals surface area (Å²) >= 11 is 0. The SMILES string of the molecule is [C]#Cc1ccc(C(=O)N2CCCCC2C(=O)O)c(C(F)(F)F)c1. The number of likely N-dealkylation sites (tertiary alicyclic amines) is 1. The highest BCUT2D eigenvalue weighted by molar-refractivity contribution is 5.98. The third-order valence-electron chi connectivity index (χ3n) is 3.75. The molecule has 1 unspecified atom stereocenters. The van der Waals surface area contributed by atoms with E-state index in [1.165, 1.54) is 6.07 Å². The summed E-state index contributed by atoms with van der Waals surface area (Å²) in [7, 11) is 0. The predicted octanol–water partition coefficient (Wildman–Crippen LogP) is 2.72. The molecule has 23 heavy (non-hydrogen) atoms. The molecule has 1 saturated heterocycles. The van der Waals surface area contributed by atoms with Gasteiger partial charge < -0.3 is 10.0 Å². The van der Waals surface area contributed by atoms with Crippen LogP contribution in [0.25, 0.3) is 0 Å². The van der Waals surface area contributed by atoms with Gasteiger partial charge in [-0.15, -0.1) is 0 Å². The number of alkyl halides is 3. The monoisotopic (exact) mass is 324 g/mol. The first-order chi connectivity index (χ1) is 10.8. The first kappa shape index (κ1) is 16.9. The van der Waals surface area contributed by atoms with Crippen LogP contribution in [0.15, 0.2) is 18.2 Å². The Balaban J connectivity index is 2.46. The van der Waals surface area contributed by atoms with E-state index in [1.807, 2.05) is 5.92 Å². The summed E-state index contributed by atoms with van der Waals surface area (Å²) in [4.78, 5) is 24.7. The van der Waals surface area contributed by atoms with E-state index in [2.05, 4.69) is 0 Å². The minimum atomic E-state index is -4.79. The summed E-state index contributed by atoms with van der Waals surface area (Å²) in [5.41, 5.74) is -1.90. The maximum Gasteiger partial charge on any atom is 0.417 e. The van der Waals surface area contributed by atoms with Crippen LogP contribution in [0.5, 0.6) is 0 Å². The number of carboxylic acid groups (broad SMARTS) is 1. The Labute approximate surface area is 130 Å². The van der Waals surface area contributed by atoms with Crippen molar-refractivity contribution < 1.29 is 27.9 Å². The first-order valence-electron chi connectivity index (χ1n) is 6.93. The van der Waals surface area contributed by atoms with Crippen LogP contribution in [0, 0.1) is 12.3 Å². The van der Waals surface area contributed by atoms with Crippen LogP contribution in [0.2, 0.25) is 0 Å². The number of piperidine rings is 1. The topological polar surface area (TPSA) is 57.6 Å². The Morgan fingerprint density at radius 3 is 2.57 bits per heavy atom. The van der Waals surface area contributed by atoms with Crippen LogP contribution < -0.4 is 0 Å². The van der Waals surface area contributed by atoms with E-state index < -0.39 is 35.2 Å². The number of aliphatic carboxylic acids is 1. The minimum Gasteiger partial charge on any atom is -0.480 e. The number of hydrogen-bond acceptors (Lipinski definition) is 2. The van der Waals surface area contributed by atoms with Crippen LogP contribution in [0.4, 0.5) is 13.2 Å². The molecule has 1 N–H and O–H groups in total. The molecule has 1 heterocycles. The predicted molar refractivity (Wildman–Crippen MR) is 74.0 cm³/mol. The second-order valence-electron chi connectivity index (χ2n) is 5.23. The highest BCUT2D eigenvalue weighted by Crippen LogP contribution is 2.34. The Bertz CT molecular complexity index is 676. The first-order valence-corrected chi connectivity index (χ1v) is 6.93. The Kier molecular flexibility index (Phi) is 4.64. The van der Waals surface area contributed by atoms with Crippen LogP contribution in [0.3, 0.4) is 0 Å². The molecule has 0 aromatic heterocycles. The van der Waals surface area contributed by atoms with Crippen molar-refractivity contribution in [1.82, 2.24) is 4.90 Å². The molecule has 1 amide bonds. The van der Waals surface area contributed by atoms with Crippen molar-refractivity contribution >= 4 is 11.9 Å². The molecular formula is C16H13F3NO3. The van der Waals surface area contributed by atoms with E-state index in [1.54, 1.807) is 0 Å². The summed E-state index contributed by atoms with van der Waals surface area (Å²) in [5, 5.41) is 9.16. The fourth-order valence-corrected chi connectivity index (χ4v) is 2.63. The average molecular weight is 324 g/mol. The van der Waals surface area contributed by atoms with Crippen LogP contribution in [0.1, 0.15) is 40.7 Å². The zero-order chi connectivity index (χ0) is 17.2. The molecule has 0 bridgehead atoms. The molecule has 7 heteroatoms. The van der Waals surface area contributed by atoms with Gasteiger partial charge in [-0.1, -0.05) is 5.92 Å². The molecule has 1 radical (unpaired) electrons. The van der Waals surface area contributed by atoms with Gasteiger partial charge in [0.1, 0.15) is 6.04 Å². The summed E-state index contributed by atoms with van der Waals surface area (Å²) in [5.74, 6) is -0.340. The van der Waals surface area contributed by atoms with Gasteiger partial charge in [0.05, 0.1) is 11.1 Å². The van der Waals surface area contributed by atoms with Crippen molar-refractivity contribution in [3.8, 4) is 5.92 Å². The van der Waals surface area contributed by atoms with Gasteiger partial charge in [-0.05, 0) is 43.9 Å². The molecule has 0 saturated carbocycles. The molecular weight excluding hydrogens is 311 g/mol. The van der Waals surface area contributed by atoms with Gasteiger partial charge in [0.15, 0.2) is 0 Å². The second-order valence-corrected chi connectivity index (χ2v) is 5.23. The second kappa shape index (κ2) is 6.32. The third-order valence-corrected chi connectivity index (χ3v) is 3.75. The van der Waals surface area contributed by atoms with Crippen LogP contribution in [-0.4, -0.2) is 34.5 Å². The average Bonchev–Trinajstić information content (AvgIpc) is 2.52. The summed E-state index contributed by atoms with van der Waals surface area (Å²) in [6.45, 7) is 0.103. The van der Waals surface area contributed by atoms with Gasteiger partial charge in [-0.2, -0.15) is 13.2 Å². The van der Waals surface area contributed by atoms with Gasteiger partial charge in [0.2, 0.25) is 0 Å². The van der Waals surface area contributed by atoms with Crippen molar-refractivity contribution in [3.05, 3.63) is 41.3 Å². The molecule has 121 valence electrons. The van der Waals surface area contributed by atoms with Gasteiger partial charge in [0, 0.05) is 12.1 Å². The standard InChI is InChI=1S/C16H13F3NO3/c1-2-10-6-7-11(12(9-10)16(17,18)19)14(21)20-8-4-3-5-13(20)15(22)23/h6-7,9,13H,3-5,8H2,(H,22,23). The zero-order valence-electron chi connectivity index (χ0n) is 12.0. The fraction of sp³-hybridized carbons (Fsp3) is 0.375. The van der Waals surface area contributed by atoms with Crippen molar-refractivity contribution in [2.24, 2.45) is 0 Å². The molecule has 0 spiro atoms. The lowest BCUT2D eigenvalue weighted by molar-refractivity contribution is -0.143. The Morgan fingerprint density at radius 2 is 2.00 bits per heavy atom. The lowest BCUT2D eigenvalue weighted by atomic mass is 9.98. The van der Waals surface area contributed by atoms with E-state index in [0.717, 1.165) is 11.0 Å². The van der Waals surface area contributed by atoms with Crippen LogP contribution >= 0.6 is 0 Å². The number of rotatable bonds is 2. The molecule has 1 aromatic carbocycles. The normalized spacial score (nSPS) is 18.3. The molecule has 1 aliphatic rings. The van der Waals surface area contributed by atoms with Gasteiger partial charge in [-0.3, -0.25) is 4.79 Å². The van der Waals surface area contributed by atoms with Gasteiger partial charge in [-0.25, -0.2) is 4.79 Å². The van der Waals surface area contributed by atoms with Gasteiger partial charge >= 0.3 is 12.1 Å². The molecule has 1 aromatic rings. The molecule has 0 aliphatic carbocycles. The number of carboxylic acids is 1. The molecule has 1 fully saturated rings. The van der Waals surface area contributed by atoms with E-state index in [4.69, 9.17) is 11.5 Å². The molecule has 1 atom stereocenters. The van der Waals surface area contributed by atoms with Crippen molar-refractivity contribution in [1.29, 1.82) is 0 Å². The number of nitrogens with zero attached hydrogens (tertiary/aromatic N) is 1. The van der Waals surface area contributed by atoms with E-state index in [-0.39, 0.29) is 18.5 Å². The Hall–Kier alpha value is -2.49. The number of carbonyl (C=O) groups excluding carboxylic acids is 1. The van der Waals surface area contributed by atoms with Crippen molar-refractivity contribution in [3.63, 3.8) is 0 Å². The zero-order valence-corrected chi connectivity index (χ0v) is 12.0. The van der Waals surface area contributed by atoms with Crippen molar-refractivity contribution in [2.75, 3.05) is 6.54 Å². The number of amides is 1. The maximum absolute atomic E-state index is 13.2. The number of halogens is 3. The minimum absolute atomic E-state index is 0.103. The summed E-state index contributed by atoms with van der Waals surface area (Å²) in [6, 6.07) is 1.69. The quantitative estimate of drug-likeness (QED) is 0.851. The summed E-state index contributed by atoms with van der Waals surface area (Å²) in [6.07, 6.45) is 3.50. The number of carbonyl (C=O) groups is 2. The number of hydrogen-bond donors (Lipinski definition) is 1. The largest absolute Gasteiger partial charge is 0.480 e. The van der Waals surface area contributed by atoms with E-state index in [9.17, 15) is 22.8 Å². The smallest absolute Gasteiger partial charge is 0.417 e. The highest BCUT2D eigenvalue weighted by Gasteiger charge is 2.39. The highest BCUT2D eigenvalue weighted by atomic mass is 19.4. The summed E-state index contributed by atoms with van der Waals surface area (Å²) < 4.78 is 39.5. The van der Waals surface area contributed by atoms with Crippen LogP contribution in [-0.2, 0) is 11.0 Å². The lowest BCUT2D eigenvalue weighted by Crippen LogP contribution is -2.48. The molecule has 4 nitrogen and oxygen atoms in total. The lowest BCUT2D eigenvalue weighted by Gasteiger charge is -2.33. The number of benzene rings is 1. The third kappa shape index (κ3) is 3.47. The fourth-order valence-electron chi connectivity index (χ4n) is 2.63.